The minimum absolute atomic E-state index is 0.137. The summed E-state index contributed by atoms with van der Waals surface area (Å²) in [5.41, 5.74) is 1.72. The molecular formula is C22H23ClN2O5. The van der Waals surface area contributed by atoms with Crippen LogP contribution in [-0.2, 0) is 9.59 Å². The molecule has 158 valence electrons. The molecule has 7 nitrogen and oxygen atoms in total. The van der Waals surface area contributed by atoms with Gasteiger partial charge in [-0.3, -0.25) is 19.3 Å². The van der Waals surface area contributed by atoms with Crippen LogP contribution >= 0.6 is 11.6 Å². The van der Waals surface area contributed by atoms with Gasteiger partial charge < -0.3 is 14.8 Å². The number of ether oxygens (including phenoxy) is 2. The summed E-state index contributed by atoms with van der Waals surface area (Å²) in [5, 5.41) is 3.17. The van der Waals surface area contributed by atoms with E-state index in [4.69, 9.17) is 21.1 Å². The lowest BCUT2D eigenvalue weighted by Crippen LogP contribution is -2.45. The van der Waals surface area contributed by atoms with E-state index in [9.17, 15) is 14.4 Å². The summed E-state index contributed by atoms with van der Waals surface area (Å²) in [6.07, 6.45) is 0.795. The Hall–Kier alpha value is -3.06. The molecule has 2 amide bonds. The number of carbonyl (C=O) groups is 3. The maximum Gasteiger partial charge on any atom is 0.265 e. The van der Waals surface area contributed by atoms with Gasteiger partial charge in [0.2, 0.25) is 5.91 Å². The lowest BCUT2D eigenvalue weighted by Gasteiger charge is -2.29. The number of fused-ring (bicyclic) bond motifs is 1. The molecule has 30 heavy (non-hydrogen) atoms. The van der Waals surface area contributed by atoms with Gasteiger partial charge in [-0.25, -0.2) is 0 Å². The fourth-order valence-corrected chi connectivity index (χ4v) is 3.25. The van der Waals surface area contributed by atoms with Gasteiger partial charge in [-0.05, 0) is 49.2 Å². The number of rotatable bonds is 8. The first kappa shape index (κ1) is 21.6. The number of Topliss-reactive ketones (excluding diaryl/α,β-unsaturated/α-hetero) is 1. The molecular weight excluding hydrogens is 408 g/mol. The quantitative estimate of drug-likeness (QED) is 0.650. The molecule has 8 heteroatoms. The first-order chi connectivity index (χ1) is 14.4. The molecule has 3 rings (SSSR count). The van der Waals surface area contributed by atoms with Gasteiger partial charge in [-0.1, -0.05) is 24.6 Å². The van der Waals surface area contributed by atoms with Crippen molar-refractivity contribution in [3.8, 4) is 11.5 Å². The van der Waals surface area contributed by atoms with Gasteiger partial charge in [-0.15, -0.1) is 0 Å². The summed E-state index contributed by atoms with van der Waals surface area (Å²) in [6, 6.07) is 10.1. The predicted octanol–water partition coefficient (Wildman–Crippen LogP) is 3.16. The highest BCUT2D eigenvalue weighted by molar-refractivity contribution is 6.32. The van der Waals surface area contributed by atoms with E-state index in [1.165, 1.54) is 4.90 Å². The van der Waals surface area contributed by atoms with E-state index >= 15 is 0 Å². The molecule has 0 unspecified atom stereocenters. The Morgan fingerprint density at radius 3 is 2.77 bits per heavy atom. The molecule has 0 radical (unpaired) electrons. The van der Waals surface area contributed by atoms with Gasteiger partial charge in [-0.2, -0.15) is 0 Å². The number of ketones is 1. The van der Waals surface area contributed by atoms with Crippen molar-refractivity contribution in [2.45, 2.75) is 20.3 Å². The summed E-state index contributed by atoms with van der Waals surface area (Å²) in [4.78, 5) is 38.4. The summed E-state index contributed by atoms with van der Waals surface area (Å²) in [5.74, 6) is -0.0466. The molecule has 2 aromatic carbocycles. The Bertz CT molecular complexity index is 976. The third-order valence-electron chi connectivity index (χ3n) is 4.54. The number of hydrogen-bond acceptors (Lipinski definition) is 5. The zero-order valence-corrected chi connectivity index (χ0v) is 17.6. The van der Waals surface area contributed by atoms with Crippen molar-refractivity contribution in [3.05, 3.63) is 52.5 Å². The van der Waals surface area contributed by atoms with E-state index in [-0.39, 0.29) is 37.4 Å². The van der Waals surface area contributed by atoms with Crippen molar-refractivity contribution in [2.24, 2.45) is 0 Å². The smallest absolute Gasteiger partial charge is 0.265 e. The fourth-order valence-electron chi connectivity index (χ4n) is 2.96. The molecule has 0 spiro atoms. The van der Waals surface area contributed by atoms with Crippen molar-refractivity contribution >= 4 is 34.9 Å². The standard InChI is InChI=1S/C22H23ClN2O5/c1-3-8-24-21(27)11-25-17-10-15(5-7-20(17)30-13-22(25)28)18(26)12-29-19-6-4-14(2)9-16(19)23/h4-7,9-10H,3,8,11-13H2,1-2H3,(H,24,27). The number of nitrogens with zero attached hydrogens (tertiary/aromatic N) is 1. The topological polar surface area (TPSA) is 84.9 Å². The van der Waals surface area contributed by atoms with Crippen LogP contribution in [0.5, 0.6) is 11.5 Å². The summed E-state index contributed by atoms with van der Waals surface area (Å²) in [7, 11) is 0. The molecule has 1 aliphatic heterocycles. The van der Waals surface area contributed by atoms with Gasteiger partial charge in [0, 0.05) is 12.1 Å². The molecule has 0 atom stereocenters. The third-order valence-corrected chi connectivity index (χ3v) is 4.84. The first-order valence-electron chi connectivity index (χ1n) is 9.65. The van der Waals surface area contributed by atoms with E-state index in [2.05, 4.69) is 5.32 Å². The van der Waals surface area contributed by atoms with Crippen LogP contribution in [0.3, 0.4) is 0 Å². The highest BCUT2D eigenvalue weighted by Crippen LogP contribution is 2.33. The van der Waals surface area contributed by atoms with Crippen LogP contribution in [0.4, 0.5) is 5.69 Å². The van der Waals surface area contributed by atoms with Gasteiger partial charge >= 0.3 is 0 Å². The molecule has 0 saturated heterocycles. The molecule has 0 bridgehead atoms. The normalized spacial score (nSPS) is 12.8. The fraction of sp³-hybridized carbons (Fsp3) is 0.318. The molecule has 2 aromatic rings. The molecule has 0 saturated carbocycles. The highest BCUT2D eigenvalue weighted by Gasteiger charge is 2.28. The molecule has 1 heterocycles. The molecule has 0 fully saturated rings. The van der Waals surface area contributed by atoms with Crippen molar-refractivity contribution in [1.29, 1.82) is 0 Å². The van der Waals surface area contributed by atoms with Crippen LogP contribution in [0.2, 0.25) is 5.02 Å². The predicted molar refractivity (Wildman–Crippen MR) is 114 cm³/mol. The second-order valence-electron chi connectivity index (χ2n) is 6.95. The Balaban J connectivity index is 1.75. The third kappa shape index (κ3) is 5.10. The van der Waals surface area contributed by atoms with Crippen LogP contribution in [0.1, 0.15) is 29.3 Å². The Morgan fingerprint density at radius 2 is 2.03 bits per heavy atom. The summed E-state index contributed by atoms with van der Waals surface area (Å²) in [6.45, 7) is 3.87. The van der Waals surface area contributed by atoms with E-state index in [1.54, 1.807) is 30.3 Å². The monoisotopic (exact) mass is 430 g/mol. The number of anilines is 1. The number of carbonyl (C=O) groups excluding carboxylic acids is 3. The van der Waals surface area contributed by atoms with E-state index in [0.717, 1.165) is 12.0 Å². The molecule has 1 N–H and O–H groups in total. The number of amides is 2. The number of hydrogen-bond donors (Lipinski definition) is 1. The summed E-state index contributed by atoms with van der Waals surface area (Å²) < 4.78 is 11.0. The van der Waals surface area contributed by atoms with Gasteiger partial charge in [0.25, 0.3) is 5.91 Å². The Labute approximate surface area is 179 Å². The summed E-state index contributed by atoms with van der Waals surface area (Å²) >= 11 is 6.14. The number of halogens is 1. The van der Waals surface area contributed by atoms with Crippen molar-refractivity contribution in [3.63, 3.8) is 0 Å². The van der Waals surface area contributed by atoms with Gasteiger partial charge in [0.15, 0.2) is 19.0 Å². The molecule has 1 aliphatic rings. The van der Waals surface area contributed by atoms with Crippen molar-refractivity contribution < 1.29 is 23.9 Å². The number of aryl methyl sites for hydroxylation is 1. The lowest BCUT2D eigenvalue weighted by molar-refractivity contribution is -0.125. The number of nitrogens with one attached hydrogen (secondary N) is 1. The van der Waals surface area contributed by atoms with Crippen LogP contribution in [0.15, 0.2) is 36.4 Å². The van der Waals surface area contributed by atoms with E-state index in [1.807, 2.05) is 19.9 Å². The average molecular weight is 431 g/mol. The van der Waals surface area contributed by atoms with E-state index in [0.29, 0.717) is 34.3 Å². The number of benzene rings is 2. The van der Waals surface area contributed by atoms with Crippen LogP contribution in [0, 0.1) is 6.92 Å². The Kier molecular flexibility index (Phi) is 6.95. The molecule has 0 aromatic heterocycles. The van der Waals surface area contributed by atoms with Crippen molar-refractivity contribution in [2.75, 3.05) is 31.2 Å². The van der Waals surface area contributed by atoms with Gasteiger partial charge in [0.05, 0.1) is 10.7 Å². The maximum atomic E-state index is 12.6. The van der Waals surface area contributed by atoms with Gasteiger partial charge in [0.1, 0.15) is 18.0 Å². The zero-order valence-electron chi connectivity index (χ0n) is 16.9. The minimum atomic E-state index is -0.346. The van der Waals surface area contributed by atoms with Crippen molar-refractivity contribution in [1.82, 2.24) is 5.32 Å². The maximum absolute atomic E-state index is 12.6. The second kappa shape index (κ2) is 9.63. The highest BCUT2D eigenvalue weighted by atomic mass is 35.5. The first-order valence-corrected chi connectivity index (χ1v) is 10.0. The largest absolute Gasteiger partial charge is 0.484 e. The van der Waals surface area contributed by atoms with Crippen LogP contribution < -0.4 is 19.7 Å². The lowest BCUT2D eigenvalue weighted by atomic mass is 10.1. The second-order valence-corrected chi connectivity index (χ2v) is 7.35. The zero-order chi connectivity index (χ0) is 21.7. The minimum Gasteiger partial charge on any atom is -0.484 e. The Morgan fingerprint density at radius 1 is 1.23 bits per heavy atom. The average Bonchev–Trinajstić information content (AvgIpc) is 2.73. The van der Waals surface area contributed by atoms with Crippen LogP contribution in [-0.4, -0.2) is 43.9 Å². The molecule has 0 aliphatic carbocycles. The SMILES string of the molecule is CCCNC(=O)CN1C(=O)COc2ccc(C(=O)COc3ccc(C)cc3Cl)cc21. The van der Waals surface area contributed by atoms with Crippen LogP contribution in [0.25, 0.3) is 0 Å². The van der Waals surface area contributed by atoms with E-state index < -0.39 is 0 Å².